The fraction of sp³-hybridized carbons (Fsp3) is 0.800. The van der Waals surface area contributed by atoms with Crippen molar-refractivity contribution >= 4 is 17.8 Å². The van der Waals surface area contributed by atoms with Crippen LogP contribution < -0.4 is 10.6 Å². The Bertz CT molecular complexity index is 422. The van der Waals surface area contributed by atoms with E-state index in [0.29, 0.717) is 12.3 Å². The van der Waals surface area contributed by atoms with Crippen molar-refractivity contribution in [2.45, 2.75) is 65.3 Å². The summed E-state index contributed by atoms with van der Waals surface area (Å²) in [5.74, 6) is -1.22. The number of nitrogens with one attached hydrogen (secondary N) is 2. The van der Waals surface area contributed by atoms with Crippen molar-refractivity contribution in [1.29, 1.82) is 0 Å². The van der Waals surface area contributed by atoms with Crippen LogP contribution in [-0.4, -0.2) is 41.3 Å². The monoisotopic (exact) mass is 314 g/mol. The fourth-order valence-electron chi connectivity index (χ4n) is 2.18. The van der Waals surface area contributed by atoms with E-state index in [1.165, 1.54) is 0 Å². The molecule has 1 saturated heterocycles. The van der Waals surface area contributed by atoms with Crippen molar-refractivity contribution < 1.29 is 24.2 Å². The summed E-state index contributed by atoms with van der Waals surface area (Å²) in [4.78, 5) is 34.5. The van der Waals surface area contributed by atoms with Gasteiger partial charge >= 0.3 is 5.97 Å². The van der Waals surface area contributed by atoms with E-state index in [2.05, 4.69) is 10.6 Å². The summed E-state index contributed by atoms with van der Waals surface area (Å²) < 4.78 is 5.37. The molecule has 22 heavy (non-hydrogen) atoms. The first-order valence-corrected chi connectivity index (χ1v) is 7.67. The highest BCUT2D eigenvalue weighted by Crippen LogP contribution is 2.26. The Morgan fingerprint density at radius 2 is 1.77 bits per heavy atom. The van der Waals surface area contributed by atoms with Crippen LogP contribution in [0.2, 0.25) is 0 Å². The van der Waals surface area contributed by atoms with Crippen LogP contribution in [0.4, 0.5) is 0 Å². The lowest BCUT2D eigenvalue weighted by atomic mass is 10.0. The maximum Gasteiger partial charge on any atom is 0.303 e. The Kier molecular flexibility index (Phi) is 6.80. The number of hydrogen-bond donors (Lipinski definition) is 3. The standard InChI is InChI=1S/C15H26N2O5/c1-8(2)7-10(16-11(18)5-6-12(19)20)14(21)17-15-13(22-15)9(3)4/h8-10,13,15H,5-7H2,1-4H3,(H,16,18)(H,17,21)(H,19,20)/t10-,13?,15?/m0/s1. The number of amides is 2. The number of carbonyl (C=O) groups excluding carboxylic acids is 2. The Balaban J connectivity index is 2.50. The molecular formula is C15H26N2O5. The number of carboxylic acids is 1. The maximum atomic E-state index is 12.2. The van der Waals surface area contributed by atoms with E-state index >= 15 is 0 Å². The summed E-state index contributed by atoms with van der Waals surface area (Å²) >= 11 is 0. The molecule has 0 bridgehead atoms. The zero-order valence-electron chi connectivity index (χ0n) is 13.6. The molecule has 1 heterocycles. The van der Waals surface area contributed by atoms with E-state index in [9.17, 15) is 14.4 Å². The number of carbonyl (C=O) groups is 3. The van der Waals surface area contributed by atoms with E-state index in [4.69, 9.17) is 9.84 Å². The molecule has 0 radical (unpaired) electrons. The molecule has 1 fully saturated rings. The third kappa shape index (κ3) is 6.43. The van der Waals surface area contributed by atoms with E-state index in [0.717, 1.165) is 0 Å². The van der Waals surface area contributed by atoms with Crippen LogP contribution in [0.25, 0.3) is 0 Å². The highest BCUT2D eigenvalue weighted by molar-refractivity contribution is 5.88. The lowest BCUT2D eigenvalue weighted by Gasteiger charge is -2.19. The van der Waals surface area contributed by atoms with Crippen LogP contribution in [-0.2, 0) is 19.1 Å². The molecule has 2 unspecified atom stereocenters. The number of ether oxygens (including phenoxy) is 1. The predicted octanol–water partition coefficient (Wildman–Crippen LogP) is 0.879. The maximum absolute atomic E-state index is 12.2. The first-order chi connectivity index (χ1) is 10.2. The molecule has 3 N–H and O–H groups in total. The molecule has 1 rings (SSSR count). The van der Waals surface area contributed by atoms with Crippen molar-refractivity contribution in [2.24, 2.45) is 11.8 Å². The average molecular weight is 314 g/mol. The second-order valence-electron chi connectivity index (χ2n) is 6.42. The third-order valence-corrected chi connectivity index (χ3v) is 3.39. The molecule has 0 aromatic rings. The van der Waals surface area contributed by atoms with Crippen molar-refractivity contribution in [1.82, 2.24) is 10.6 Å². The van der Waals surface area contributed by atoms with Crippen molar-refractivity contribution in [3.63, 3.8) is 0 Å². The topological polar surface area (TPSA) is 108 Å². The molecule has 0 spiro atoms. The molecule has 3 atom stereocenters. The number of rotatable bonds is 9. The smallest absolute Gasteiger partial charge is 0.303 e. The number of carboxylic acid groups (broad SMARTS) is 1. The van der Waals surface area contributed by atoms with Crippen molar-refractivity contribution in [3.05, 3.63) is 0 Å². The van der Waals surface area contributed by atoms with Gasteiger partial charge in [-0.2, -0.15) is 0 Å². The van der Waals surface area contributed by atoms with E-state index < -0.39 is 17.9 Å². The van der Waals surface area contributed by atoms with Gasteiger partial charge in [0.25, 0.3) is 0 Å². The largest absolute Gasteiger partial charge is 0.481 e. The molecule has 0 aliphatic carbocycles. The lowest BCUT2D eigenvalue weighted by Crippen LogP contribution is -2.48. The summed E-state index contributed by atoms with van der Waals surface area (Å²) in [6.45, 7) is 7.93. The minimum absolute atomic E-state index is 0.0198. The molecule has 1 aliphatic heterocycles. The van der Waals surface area contributed by atoms with Gasteiger partial charge in [-0.05, 0) is 18.3 Å². The predicted molar refractivity (Wildman–Crippen MR) is 79.9 cm³/mol. The molecule has 0 aromatic carbocycles. The second-order valence-corrected chi connectivity index (χ2v) is 6.42. The highest BCUT2D eigenvalue weighted by atomic mass is 16.6. The van der Waals surface area contributed by atoms with Crippen LogP contribution in [0.5, 0.6) is 0 Å². The molecule has 7 heteroatoms. The van der Waals surface area contributed by atoms with Crippen LogP contribution in [0.1, 0.15) is 47.0 Å². The van der Waals surface area contributed by atoms with E-state index in [1.807, 2.05) is 27.7 Å². The number of epoxide rings is 1. The first-order valence-electron chi connectivity index (χ1n) is 7.67. The van der Waals surface area contributed by atoms with Gasteiger partial charge in [0.1, 0.15) is 12.1 Å². The molecule has 0 saturated carbocycles. The Labute approximate surface area is 130 Å². The zero-order chi connectivity index (χ0) is 16.9. The van der Waals surface area contributed by atoms with Gasteiger partial charge in [0, 0.05) is 6.42 Å². The van der Waals surface area contributed by atoms with Crippen LogP contribution in [0, 0.1) is 11.8 Å². The highest BCUT2D eigenvalue weighted by Gasteiger charge is 2.43. The minimum atomic E-state index is -1.04. The van der Waals surface area contributed by atoms with Gasteiger partial charge in [0.05, 0.1) is 6.42 Å². The molecule has 1 aliphatic rings. The van der Waals surface area contributed by atoms with E-state index in [1.54, 1.807) is 0 Å². The molecule has 126 valence electrons. The van der Waals surface area contributed by atoms with Gasteiger partial charge in [0.15, 0.2) is 6.23 Å². The Morgan fingerprint density at radius 3 is 2.23 bits per heavy atom. The zero-order valence-corrected chi connectivity index (χ0v) is 13.6. The van der Waals surface area contributed by atoms with Crippen LogP contribution in [0.3, 0.4) is 0 Å². The average Bonchev–Trinajstić information content (AvgIpc) is 3.14. The van der Waals surface area contributed by atoms with Crippen molar-refractivity contribution in [3.8, 4) is 0 Å². The van der Waals surface area contributed by atoms with Gasteiger partial charge in [-0.15, -0.1) is 0 Å². The third-order valence-electron chi connectivity index (χ3n) is 3.39. The van der Waals surface area contributed by atoms with Gasteiger partial charge in [-0.1, -0.05) is 27.7 Å². The van der Waals surface area contributed by atoms with Gasteiger partial charge in [0.2, 0.25) is 11.8 Å². The Hall–Kier alpha value is -1.63. The summed E-state index contributed by atoms with van der Waals surface area (Å²) in [6.07, 6.45) is -0.164. The lowest BCUT2D eigenvalue weighted by molar-refractivity contribution is -0.139. The van der Waals surface area contributed by atoms with Gasteiger partial charge in [-0.25, -0.2) is 0 Å². The minimum Gasteiger partial charge on any atom is -0.481 e. The summed E-state index contributed by atoms with van der Waals surface area (Å²) in [6, 6.07) is -0.668. The fourth-order valence-corrected chi connectivity index (χ4v) is 2.18. The normalized spacial score (nSPS) is 21.5. The molecular weight excluding hydrogens is 288 g/mol. The summed E-state index contributed by atoms with van der Waals surface area (Å²) in [5.41, 5.74) is 0. The first kappa shape index (κ1) is 18.4. The van der Waals surface area contributed by atoms with E-state index in [-0.39, 0.29) is 37.0 Å². The van der Waals surface area contributed by atoms with Crippen LogP contribution >= 0.6 is 0 Å². The molecule has 0 aromatic heterocycles. The molecule has 2 amide bonds. The second kappa shape index (κ2) is 8.12. The van der Waals surface area contributed by atoms with Crippen molar-refractivity contribution in [2.75, 3.05) is 0 Å². The van der Waals surface area contributed by atoms with Gasteiger partial charge < -0.3 is 20.5 Å². The number of aliphatic carboxylic acids is 1. The summed E-state index contributed by atoms with van der Waals surface area (Å²) in [7, 11) is 0. The van der Waals surface area contributed by atoms with Gasteiger partial charge in [-0.3, -0.25) is 14.4 Å². The van der Waals surface area contributed by atoms with Crippen LogP contribution in [0.15, 0.2) is 0 Å². The Morgan fingerprint density at radius 1 is 1.14 bits per heavy atom. The number of hydrogen-bond acceptors (Lipinski definition) is 4. The quantitative estimate of drug-likeness (QED) is 0.548. The summed E-state index contributed by atoms with van der Waals surface area (Å²) in [5, 5.41) is 14.0. The SMILES string of the molecule is CC(C)C[C@H](NC(=O)CCC(=O)O)C(=O)NC1OC1C(C)C. The molecule has 7 nitrogen and oxygen atoms in total.